The van der Waals surface area contributed by atoms with E-state index in [4.69, 9.17) is 5.73 Å². The van der Waals surface area contributed by atoms with Gasteiger partial charge in [-0.05, 0) is 0 Å². The van der Waals surface area contributed by atoms with Crippen LogP contribution in [0.4, 0.5) is 0 Å². The third-order valence-electron chi connectivity index (χ3n) is 1.45. The smallest absolute Gasteiger partial charge is 0.178 e. The summed E-state index contributed by atoms with van der Waals surface area (Å²) in [5.41, 5.74) is 6.92. The van der Waals surface area contributed by atoms with E-state index in [0.717, 1.165) is 11.3 Å². The Morgan fingerprint density at radius 1 is 1.36 bits per heavy atom. The fraction of sp³-hybridized carbons (Fsp3) is 0.167. The van der Waals surface area contributed by atoms with Crippen molar-refractivity contribution < 1.29 is 0 Å². The average Bonchev–Trinajstić information content (AvgIpc) is 2.47. The minimum atomic E-state index is 0.398. The molecular formula is C6H7N5. The van der Waals surface area contributed by atoms with Crippen molar-refractivity contribution in [2.24, 2.45) is 5.73 Å². The minimum Gasteiger partial charge on any atom is -0.325 e. The summed E-state index contributed by atoms with van der Waals surface area (Å²) in [6.45, 7) is 0.398. The lowest BCUT2D eigenvalue weighted by Gasteiger charge is -1.90. The van der Waals surface area contributed by atoms with Crippen LogP contribution in [0.2, 0.25) is 0 Å². The molecule has 2 rings (SSSR count). The average molecular weight is 149 g/mol. The molecule has 0 aromatic carbocycles. The Bertz CT molecular complexity index is 366. The first-order valence-corrected chi connectivity index (χ1v) is 3.25. The summed E-state index contributed by atoms with van der Waals surface area (Å²) in [4.78, 5) is 8.10. The van der Waals surface area contributed by atoms with Crippen molar-refractivity contribution in [3.8, 4) is 0 Å². The van der Waals surface area contributed by atoms with Gasteiger partial charge in [0.15, 0.2) is 5.65 Å². The molecule has 0 amide bonds. The summed E-state index contributed by atoms with van der Waals surface area (Å²) in [6, 6.07) is 0. The molecule has 5 nitrogen and oxygen atoms in total. The molecule has 0 radical (unpaired) electrons. The summed E-state index contributed by atoms with van der Waals surface area (Å²) < 4.78 is 1.60. The fourth-order valence-electron chi connectivity index (χ4n) is 0.937. The van der Waals surface area contributed by atoms with E-state index < -0.39 is 0 Å². The molecule has 0 aliphatic carbocycles. The first-order valence-electron chi connectivity index (χ1n) is 3.25. The van der Waals surface area contributed by atoms with Crippen molar-refractivity contribution in [1.29, 1.82) is 0 Å². The molecule has 56 valence electrons. The number of imidazole rings is 1. The second-order valence-electron chi connectivity index (χ2n) is 2.11. The van der Waals surface area contributed by atoms with E-state index >= 15 is 0 Å². The van der Waals surface area contributed by atoms with E-state index in [1.165, 1.54) is 0 Å². The lowest BCUT2D eigenvalue weighted by molar-refractivity contribution is 0.899. The predicted octanol–water partition coefficient (Wildman–Crippen LogP) is -0.417. The Morgan fingerprint density at radius 3 is 3.09 bits per heavy atom. The number of fused-ring (bicyclic) bond motifs is 1. The maximum absolute atomic E-state index is 5.42. The number of rotatable bonds is 1. The van der Waals surface area contributed by atoms with Crippen molar-refractivity contribution in [3.05, 3.63) is 24.4 Å². The van der Waals surface area contributed by atoms with Crippen LogP contribution in [0.5, 0.6) is 0 Å². The van der Waals surface area contributed by atoms with Gasteiger partial charge < -0.3 is 5.73 Å². The Labute approximate surface area is 62.9 Å². The normalized spacial score (nSPS) is 10.6. The molecule has 0 saturated heterocycles. The molecule has 0 fully saturated rings. The van der Waals surface area contributed by atoms with E-state index in [1.807, 2.05) is 0 Å². The Balaban J connectivity index is 2.76. The van der Waals surface area contributed by atoms with E-state index in [9.17, 15) is 0 Å². The van der Waals surface area contributed by atoms with E-state index in [-0.39, 0.29) is 0 Å². The van der Waals surface area contributed by atoms with Crippen LogP contribution >= 0.6 is 0 Å². The monoisotopic (exact) mass is 149 g/mol. The van der Waals surface area contributed by atoms with Crippen LogP contribution < -0.4 is 5.73 Å². The Kier molecular flexibility index (Phi) is 1.29. The number of hydrogen-bond donors (Lipinski definition) is 1. The molecule has 0 aliphatic rings. The quantitative estimate of drug-likeness (QED) is 0.598. The van der Waals surface area contributed by atoms with Crippen LogP contribution in [-0.4, -0.2) is 19.6 Å². The third-order valence-corrected chi connectivity index (χ3v) is 1.45. The molecule has 2 aromatic heterocycles. The molecular weight excluding hydrogens is 142 g/mol. The molecule has 5 heteroatoms. The van der Waals surface area contributed by atoms with Crippen molar-refractivity contribution >= 4 is 5.65 Å². The largest absolute Gasteiger partial charge is 0.325 e. The van der Waals surface area contributed by atoms with Gasteiger partial charge in [0.1, 0.15) is 12.0 Å². The molecule has 0 bridgehead atoms. The maximum atomic E-state index is 5.42. The van der Waals surface area contributed by atoms with Crippen LogP contribution in [0.1, 0.15) is 5.69 Å². The highest BCUT2D eigenvalue weighted by molar-refractivity contribution is 5.41. The van der Waals surface area contributed by atoms with Crippen molar-refractivity contribution in [1.82, 2.24) is 19.6 Å². The molecule has 0 spiro atoms. The highest BCUT2D eigenvalue weighted by atomic mass is 15.3. The molecule has 2 heterocycles. The summed E-state index contributed by atoms with van der Waals surface area (Å²) in [5, 5.41) is 3.99. The molecule has 0 atom stereocenters. The second kappa shape index (κ2) is 2.28. The van der Waals surface area contributed by atoms with Gasteiger partial charge in [-0.1, -0.05) is 0 Å². The number of nitrogens with zero attached hydrogens (tertiary/aromatic N) is 4. The standard InChI is InChI=1S/C6H7N5/c7-3-5-6-8-1-2-10-11(6)4-9-5/h1-2,4H,3,7H2. The van der Waals surface area contributed by atoms with Crippen molar-refractivity contribution in [2.75, 3.05) is 0 Å². The first-order chi connectivity index (χ1) is 5.42. The van der Waals surface area contributed by atoms with Crippen LogP contribution in [0.15, 0.2) is 18.7 Å². The Morgan fingerprint density at radius 2 is 2.27 bits per heavy atom. The van der Waals surface area contributed by atoms with Gasteiger partial charge in [0, 0.05) is 12.7 Å². The third kappa shape index (κ3) is 0.857. The van der Waals surface area contributed by atoms with Crippen LogP contribution in [0.25, 0.3) is 5.65 Å². The van der Waals surface area contributed by atoms with Gasteiger partial charge >= 0.3 is 0 Å². The van der Waals surface area contributed by atoms with Gasteiger partial charge in [0.05, 0.1) is 6.20 Å². The van der Waals surface area contributed by atoms with Crippen LogP contribution in [0.3, 0.4) is 0 Å². The van der Waals surface area contributed by atoms with E-state index in [2.05, 4.69) is 15.1 Å². The fourth-order valence-corrected chi connectivity index (χ4v) is 0.937. The number of hydrogen-bond acceptors (Lipinski definition) is 4. The predicted molar refractivity (Wildman–Crippen MR) is 38.7 cm³/mol. The van der Waals surface area contributed by atoms with Gasteiger partial charge in [-0.15, -0.1) is 0 Å². The SMILES string of the molecule is NCc1ncn2nccnc12. The molecule has 0 unspecified atom stereocenters. The van der Waals surface area contributed by atoms with Gasteiger partial charge in [-0.2, -0.15) is 5.10 Å². The van der Waals surface area contributed by atoms with Gasteiger partial charge in [-0.3, -0.25) is 0 Å². The number of aromatic nitrogens is 4. The van der Waals surface area contributed by atoms with Crippen LogP contribution in [0, 0.1) is 0 Å². The minimum absolute atomic E-state index is 0.398. The summed E-state index contributed by atoms with van der Waals surface area (Å²) in [6.07, 6.45) is 4.83. The van der Waals surface area contributed by atoms with Gasteiger partial charge in [0.25, 0.3) is 0 Å². The number of nitrogens with two attached hydrogens (primary N) is 1. The summed E-state index contributed by atoms with van der Waals surface area (Å²) in [7, 11) is 0. The van der Waals surface area contributed by atoms with Gasteiger partial charge in [0.2, 0.25) is 0 Å². The zero-order chi connectivity index (χ0) is 7.68. The van der Waals surface area contributed by atoms with Crippen molar-refractivity contribution in [3.63, 3.8) is 0 Å². The molecule has 2 aromatic rings. The summed E-state index contributed by atoms with van der Waals surface area (Å²) in [5.74, 6) is 0. The topological polar surface area (TPSA) is 69.1 Å². The zero-order valence-electron chi connectivity index (χ0n) is 5.81. The Hall–Kier alpha value is -1.49. The summed E-state index contributed by atoms with van der Waals surface area (Å²) >= 11 is 0. The first kappa shape index (κ1) is 6.23. The molecule has 2 N–H and O–H groups in total. The lowest BCUT2D eigenvalue weighted by Crippen LogP contribution is -1.99. The lowest BCUT2D eigenvalue weighted by atomic mass is 10.4. The highest BCUT2D eigenvalue weighted by Gasteiger charge is 2.01. The van der Waals surface area contributed by atoms with Crippen LogP contribution in [-0.2, 0) is 6.54 Å². The molecule has 11 heavy (non-hydrogen) atoms. The highest BCUT2D eigenvalue weighted by Crippen LogP contribution is 2.01. The molecule has 0 saturated carbocycles. The van der Waals surface area contributed by atoms with Gasteiger partial charge in [-0.25, -0.2) is 14.5 Å². The van der Waals surface area contributed by atoms with Crippen molar-refractivity contribution in [2.45, 2.75) is 6.54 Å². The second-order valence-corrected chi connectivity index (χ2v) is 2.11. The molecule has 0 aliphatic heterocycles. The van der Waals surface area contributed by atoms with E-state index in [1.54, 1.807) is 23.2 Å². The maximum Gasteiger partial charge on any atom is 0.178 e. The van der Waals surface area contributed by atoms with E-state index in [0.29, 0.717) is 6.54 Å². The zero-order valence-corrected chi connectivity index (χ0v) is 5.81.